The van der Waals surface area contributed by atoms with Crippen LogP contribution in [-0.2, 0) is 20.8 Å². The average molecular weight is 475 g/mol. The predicted molar refractivity (Wildman–Crippen MR) is 134 cm³/mol. The van der Waals surface area contributed by atoms with Gasteiger partial charge in [-0.25, -0.2) is 5.43 Å². The van der Waals surface area contributed by atoms with Gasteiger partial charge in [0.1, 0.15) is 11.5 Å². The topological polar surface area (TPSA) is 118 Å². The number of nitrogens with zero attached hydrogens (tertiary/aromatic N) is 1. The monoisotopic (exact) mass is 474 g/mol. The summed E-state index contributed by atoms with van der Waals surface area (Å²) in [7, 11) is 1.50. The van der Waals surface area contributed by atoms with Crippen LogP contribution in [0.25, 0.3) is 0 Å². The van der Waals surface area contributed by atoms with E-state index >= 15 is 0 Å². The molecule has 0 aliphatic heterocycles. The maximum atomic E-state index is 12.4. The number of benzene rings is 3. The molecule has 0 aromatic heterocycles. The van der Waals surface area contributed by atoms with Gasteiger partial charge in [-0.3, -0.25) is 14.4 Å². The van der Waals surface area contributed by atoms with Crippen LogP contribution in [-0.4, -0.2) is 37.7 Å². The van der Waals surface area contributed by atoms with E-state index in [1.54, 1.807) is 48.5 Å². The van der Waals surface area contributed by atoms with Gasteiger partial charge in [-0.2, -0.15) is 5.10 Å². The highest BCUT2D eigenvalue weighted by Crippen LogP contribution is 2.18. The number of carbonyl (C=O) groups is 3. The Kier molecular flexibility index (Phi) is 8.95. The van der Waals surface area contributed by atoms with E-state index in [1.165, 1.54) is 13.3 Å². The molecule has 0 aliphatic carbocycles. The van der Waals surface area contributed by atoms with E-state index in [0.717, 1.165) is 17.7 Å². The van der Waals surface area contributed by atoms with E-state index in [-0.39, 0.29) is 12.5 Å². The Morgan fingerprint density at radius 3 is 2.49 bits per heavy atom. The fourth-order valence-corrected chi connectivity index (χ4v) is 3.10. The lowest BCUT2D eigenvalue weighted by atomic mass is 10.1. The maximum absolute atomic E-state index is 12.4. The van der Waals surface area contributed by atoms with Gasteiger partial charge >= 0.3 is 11.8 Å². The molecule has 3 aromatic carbocycles. The summed E-state index contributed by atoms with van der Waals surface area (Å²) >= 11 is 0. The number of anilines is 2. The number of para-hydroxylation sites is 2. The summed E-state index contributed by atoms with van der Waals surface area (Å²) in [5.74, 6) is -1.20. The molecule has 3 rings (SSSR count). The van der Waals surface area contributed by atoms with Crippen LogP contribution in [0.2, 0.25) is 0 Å². The maximum Gasteiger partial charge on any atom is 0.329 e. The Balaban J connectivity index is 1.54. The summed E-state index contributed by atoms with van der Waals surface area (Å²) in [4.78, 5) is 36.5. The van der Waals surface area contributed by atoms with Crippen molar-refractivity contribution in [3.05, 3.63) is 83.9 Å². The Hall–Kier alpha value is -4.66. The Morgan fingerprint density at radius 1 is 0.914 bits per heavy atom. The second kappa shape index (κ2) is 12.5. The Labute approximate surface area is 203 Å². The van der Waals surface area contributed by atoms with E-state index in [9.17, 15) is 14.4 Å². The molecule has 9 nitrogen and oxygen atoms in total. The first-order valence-corrected chi connectivity index (χ1v) is 10.9. The largest absolute Gasteiger partial charge is 0.497 e. The van der Waals surface area contributed by atoms with Crippen LogP contribution < -0.4 is 25.5 Å². The van der Waals surface area contributed by atoms with E-state index in [4.69, 9.17) is 9.47 Å². The zero-order valence-corrected chi connectivity index (χ0v) is 19.4. The highest BCUT2D eigenvalue weighted by molar-refractivity contribution is 6.39. The van der Waals surface area contributed by atoms with E-state index in [2.05, 4.69) is 21.2 Å². The van der Waals surface area contributed by atoms with Crippen LogP contribution in [0.15, 0.2) is 77.9 Å². The lowest BCUT2D eigenvalue weighted by molar-refractivity contribution is -0.136. The number of hydrogen-bond acceptors (Lipinski definition) is 6. The molecule has 0 saturated carbocycles. The summed E-state index contributed by atoms with van der Waals surface area (Å²) in [5.41, 5.74) is 4.87. The molecule has 0 saturated heterocycles. The van der Waals surface area contributed by atoms with Gasteiger partial charge in [-0.1, -0.05) is 43.3 Å². The first kappa shape index (κ1) is 25.0. The summed E-state index contributed by atoms with van der Waals surface area (Å²) in [6.45, 7) is 1.80. The van der Waals surface area contributed by atoms with Gasteiger partial charge in [0.15, 0.2) is 6.61 Å². The Morgan fingerprint density at radius 2 is 1.69 bits per heavy atom. The number of hydrogen-bond donors (Lipinski definition) is 3. The number of ether oxygens (including phenoxy) is 2. The molecule has 35 heavy (non-hydrogen) atoms. The van der Waals surface area contributed by atoms with Crippen molar-refractivity contribution in [1.29, 1.82) is 0 Å². The van der Waals surface area contributed by atoms with Gasteiger partial charge in [0.2, 0.25) is 0 Å². The van der Waals surface area contributed by atoms with Crippen LogP contribution >= 0.6 is 0 Å². The van der Waals surface area contributed by atoms with Crippen molar-refractivity contribution in [1.82, 2.24) is 5.43 Å². The molecule has 3 aromatic rings. The second-order valence-corrected chi connectivity index (χ2v) is 7.27. The quantitative estimate of drug-likeness (QED) is 0.250. The molecule has 3 amide bonds. The van der Waals surface area contributed by atoms with Gasteiger partial charge in [-0.05, 0) is 42.3 Å². The molecule has 0 heterocycles. The third kappa shape index (κ3) is 7.43. The van der Waals surface area contributed by atoms with Crippen molar-refractivity contribution in [2.24, 2.45) is 5.10 Å². The zero-order chi connectivity index (χ0) is 25.0. The molecule has 0 spiro atoms. The molecule has 0 bridgehead atoms. The number of rotatable bonds is 9. The SMILES string of the molecule is CCc1ccccc1NC(=O)COc1ccccc1/C=N\NC(=O)C(=O)Nc1cccc(OC)c1. The molecule has 0 radical (unpaired) electrons. The number of methoxy groups -OCH3 is 1. The summed E-state index contributed by atoms with van der Waals surface area (Å²) in [6.07, 6.45) is 2.12. The van der Waals surface area contributed by atoms with Crippen molar-refractivity contribution in [3.8, 4) is 11.5 Å². The minimum Gasteiger partial charge on any atom is -0.497 e. The number of amides is 3. The summed E-state index contributed by atoms with van der Waals surface area (Å²) in [5, 5.41) is 9.13. The molecular formula is C26H26N4O5. The molecule has 0 atom stereocenters. The molecule has 9 heteroatoms. The number of nitrogens with one attached hydrogen (secondary N) is 3. The van der Waals surface area contributed by atoms with Gasteiger partial charge in [0.25, 0.3) is 5.91 Å². The number of aryl methyl sites for hydroxylation is 1. The third-order valence-electron chi connectivity index (χ3n) is 4.85. The van der Waals surface area contributed by atoms with E-state index in [0.29, 0.717) is 22.7 Å². The molecule has 180 valence electrons. The van der Waals surface area contributed by atoms with Crippen molar-refractivity contribution >= 4 is 35.3 Å². The third-order valence-corrected chi connectivity index (χ3v) is 4.85. The molecular weight excluding hydrogens is 448 g/mol. The fourth-order valence-electron chi connectivity index (χ4n) is 3.10. The first-order valence-electron chi connectivity index (χ1n) is 10.9. The summed E-state index contributed by atoms with van der Waals surface area (Å²) < 4.78 is 10.7. The van der Waals surface area contributed by atoms with Crippen LogP contribution in [0, 0.1) is 0 Å². The van der Waals surface area contributed by atoms with Gasteiger partial charge in [-0.15, -0.1) is 0 Å². The molecule has 3 N–H and O–H groups in total. The molecule has 0 aliphatic rings. The minimum atomic E-state index is -0.948. The highest BCUT2D eigenvalue weighted by Gasteiger charge is 2.13. The predicted octanol–water partition coefficient (Wildman–Crippen LogP) is 3.36. The zero-order valence-electron chi connectivity index (χ0n) is 19.4. The highest BCUT2D eigenvalue weighted by atomic mass is 16.5. The normalized spacial score (nSPS) is 10.5. The van der Waals surface area contributed by atoms with Gasteiger partial charge in [0.05, 0.1) is 13.3 Å². The summed E-state index contributed by atoms with van der Waals surface area (Å²) in [6, 6.07) is 21.0. The number of hydrazone groups is 1. The smallest absolute Gasteiger partial charge is 0.329 e. The fraction of sp³-hybridized carbons (Fsp3) is 0.154. The first-order chi connectivity index (χ1) is 17.0. The van der Waals surface area contributed by atoms with Crippen molar-refractivity contribution in [2.45, 2.75) is 13.3 Å². The van der Waals surface area contributed by atoms with Crippen molar-refractivity contribution in [2.75, 3.05) is 24.4 Å². The Bertz CT molecular complexity index is 1230. The van der Waals surface area contributed by atoms with E-state index in [1.807, 2.05) is 31.2 Å². The minimum absolute atomic E-state index is 0.210. The van der Waals surface area contributed by atoms with Gasteiger partial charge < -0.3 is 20.1 Å². The second-order valence-electron chi connectivity index (χ2n) is 7.27. The molecule has 0 fully saturated rings. The van der Waals surface area contributed by atoms with E-state index < -0.39 is 11.8 Å². The van der Waals surface area contributed by atoms with Crippen molar-refractivity contribution in [3.63, 3.8) is 0 Å². The van der Waals surface area contributed by atoms with Crippen LogP contribution in [0.5, 0.6) is 11.5 Å². The lowest BCUT2D eigenvalue weighted by Gasteiger charge is -2.11. The standard InChI is InChI=1S/C26H26N4O5/c1-3-18-9-4-6-13-22(18)29-24(31)17-35-23-14-7-5-10-19(23)16-27-30-26(33)25(32)28-20-11-8-12-21(15-20)34-2/h4-16H,3,17H2,1-2H3,(H,28,32)(H,29,31)(H,30,33)/b27-16-. The van der Waals surface area contributed by atoms with Crippen LogP contribution in [0.3, 0.4) is 0 Å². The lowest BCUT2D eigenvalue weighted by Crippen LogP contribution is -2.32. The van der Waals surface area contributed by atoms with Crippen LogP contribution in [0.1, 0.15) is 18.1 Å². The average Bonchev–Trinajstić information content (AvgIpc) is 2.88. The number of carbonyl (C=O) groups excluding carboxylic acids is 3. The van der Waals surface area contributed by atoms with Crippen LogP contribution in [0.4, 0.5) is 11.4 Å². The van der Waals surface area contributed by atoms with Gasteiger partial charge in [0, 0.05) is 23.0 Å². The molecule has 0 unspecified atom stereocenters. The van der Waals surface area contributed by atoms with Crippen molar-refractivity contribution < 1.29 is 23.9 Å².